The molecule has 2 aromatic heterocycles. The van der Waals surface area contributed by atoms with E-state index in [0.717, 1.165) is 27.5 Å². The fraction of sp³-hybridized carbons (Fsp3) is 0.111. The molecule has 0 unspecified atom stereocenters. The second-order valence-corrected chi connectivity index (χ2v) is 7.94. The van der Waals surface area contributed by atoms with E-state index in [1.807, 2.05) is 52.9 Å². The fourth-order valence-electron chi connectivity index (χ4n) is 2.71. The zero-order chi connectivity index (χ0) is 18.4. The summed E-state index contributed by atoms with van der Waals surface area (Å²) in [4.78, 5) is 2.72. The molecule has 0 amide bonds. The lowest BCUT2D eigenvalue weighted by Crippen LogP contribution is -2.13. The molecule has 0 N–H and O–H groups in total. The Hall–Kier alpha value is -1.79. The monoisotopic (exact) mass is 422 g/mol. The van der Waals surface area contributed by atoms with E-state index in [1.165, 1.54) is 11.3 Å². The highest BCUT2D eigenvalue weighted by Gasteiger charge is 2.19. The first-order valence-electron chi connectivity index (χ1n) is 7.73. The molecule has 2 heterocycles. The van der Waals surface area contributed by atoms with Crippen molar-refractivity contribution in [3.05, 3.63) is 62.4 Å². The van der Waals surface area contributed by atoms with Crippen LogP contribution in [-0.2, 0) is 0 Å². The summed E-state index contributed by atoms with van der Waals surface area (Å²) in [6, 6.07) is 11.3. The minimum Gasteiger partial charge on any atom is -0.313 e. The van der Waals surface area contributed by atoms with Crippen LogP contribution in [0.3, 0.4) is 0 Å². The molecule has 0 atom stereocenters. The summed E-state index contributed by atoms with van der Waals surface area (Å²) >= 11 is 20.4. The van der Waals surface area contributed by atoms with Gasteiger partial charge in [-0.05, 0) is 42.8 Å². The molecule has 0 aliphatic rings. The van der Waals surface area contributed by atoms with Crippen LogP contribution in [-0.4, -0.2) is 21.6 Å². The summed E-state index contributed by atoms with van der Waals surface area (Å²) in [6.07, 6.45) is 0. The molecular formula is C18H13Cl3N4S. The van der Waals surface area contributed by atoms with Gasteiger partial charge in [-0.1, -0.05) is 40.9 Å². The lowest BCUT2D eigenvalue weighted by molar-refractivity contribution is 1.01. The summed E-state index contributed by atoms with van der Waals surface area (Å²) in [5.74, 6) is 0.673. The average molecular weight is 424 g/mol. The Balaban J connectivity index is 1.88. The Bertz CT molecular complexity index is 1120. The molecule has 0 saturated carbocycles. The van der Waals surface area contributed by atoms with E-state index in [0.29, 0.717) is 21.0 Å². The number of rotatable bonds is 3. The van der Waals surface area contributed by atoms with Crippen LogP contribution in [0.4, 0.5) is 11.6 Å². The van der Waals surface area contributed by atoms with Gasteiger partial charge in [0.05, 0.1) is 10.7 Å². The number of aryl methyl sites for hydroxylation is 1. The molecule has 0 spiro atoms. The Kier molecular flexibility index (Phi) is 4.57. The van der Waals surface area contributed by atoms with Crippen molar-refractivity contribution in [3.63, 3.8) is 0 Å². The number of nitrogens with zero attached hydrogens (tertiary/aromatic N) is 4. The van der Waals surface area contributed by atoms with E-state index >= 15 is 0 Å². The third-order valence-electron chi connectivity index (χ3n) is 4.18. The molecule has 4 nitrogen and oxygen atoms in total. The Morgan fingerprint density at radius 3 is 2.58 bits per heavy atom. The van der Waals surface area contributed by atoms with Crippen molar-refractivity contribution >= 4 is 62.7 Å². The normalized spacial score (nSPS) is 11.3. The summed E-state index contributed by atoms with van der Waals surface area (Å²) in [7, 11) is 1.93. The number of hydrogen-bond donors (Lipinski definition) is 0. The van der Waals surface area contributed by atoms with Crippen LogP contribution in [0.25, 0.3) is 16.2 Å². The van der Waals surface area contributed by atoms with Crippen molar-refractivity contribution in [1.82, 2.24) is 14.6 Å². The molecule has 0 aliphatic heterocycles. The number of benzene rings is 2. The molecule has 132 valence electrons. The van der Waals surface area contributed by atoms with Gasteiger partial charge in [-0.25, -0.2) is 0 Å². The third kappa shape index (κ3) is 2.95. The van der Waals surface area contributed by atoms with Gasteiger partial charge < -0.3 is 4.90 Å². The number of halogens is 3. The van der Waals surface area contributed by atoms with Gasteiger partial charge in [0.25, 0.3) is 0 Å². The summed E-state index contributed by atoms with van der Waals surface area (Å²) in [5.41, 5.74) is 3.67. The maximum absolute atomic E-state index is 6.40. The molecule has 0 bridgehead atoms. The molecule has 0 fully saturated rings. The van der Waals surface area contributed by atoms with Crippen LogP contribution in [0.15, 0.2) is 41.8 Å². The number of fused-ring (bicyclic) bond motifs is 1. The van der Waals surface area contributed by atoms with Crippen LogP contribution in [0.5, 0.6) is 0 Å². The first-order chi connectivity index (χ1) is 12.5. The molecule has 2 aromatic carbocycles. The lowest BCUT2D eigenvalue weighted by atomic mass is 10.2. The van der Waals surface area contributed by atoms with E-state index in [4.69, 9.17) is 34.8 Å². The van der Waals surface area contributed by atoms with Crippen LogP contribution in [0, 0.1) is 6.92 Å². The van der Waals surface area contributed by atoms with Gasteiger partial charge in [-0.15, -0.1) is 21.5 Å². The molecular weight excluding hydrogens is 411 g/mol. The zero-order valence-corrected chi connectivity index (χ0v) is 17.0. The van der Waals surface area contributed by atoms with Gasteiger partial charge in [-0.3, -0.25) is 4.40 Å². The van der Waals surface area contributed by atoms with Crippen LogP contribution >= 0.6 is 46.1 Å². The average Bonchev–Trinajstić information content (AvgIpc) is 3.21. The van der Waals surface area contributed by atoms with Crippen LogP contribution in [0.2, 0.25) is 15.1 Å². The maximum Gasteiger partial charge on any atom is 0.237 e. The van der Waals surface area contributed by atoms with E-state index in [-0.39, 0.29) is 0 Å². The van der Waals surface area contributed by atoms with Crippen LogP contribution < -0.4 is 4.90 Å². The molecule has 0 radical (unpaired) electrons. The first kappa shape index (κ1) is 17.6. The largest absolute Gasteiger partial charge is 0.313 e. The van der Waals surface area contributed by atoms with Gasteiger partial charge in [-0.2, -0.15) is 0 Å². The Morgan fingerprint density at radius 1 is 1.00 bits per heavy atom. The highest BCUT2D eigenvalue weighted by Crippen LogP contribution is 2.36. The summed E-state index contributed by atoms with van der Waals surface area (Å²) < 4.78 is 1.97. The van der Waals surface area contributed by atoms with Crippen molar-refractivity contribution in [1.29, 1.82) is 0 Å². The highest BCUT2D eigenvalue weighted by molar-refractivity contribution is 7.15. The van der Waals surface area contributed by atoms with E-state index in [9.17, 15) is 0 Å². The Morgan fingerprint density at radius 2 is 1.81 bits per heavy atom. The maximum atomic E-state index is 6.40. The quantitative estimate of drug-likeness (QED) is 0.377. The molecule has 0 aliphatic carbocycles. The molecule has 4 rings (SSSR count). The van der Waals surface area contributed by atoms with Crippen molar-refractivity contribution in [2.24, 2.45) is 0 Å². The molecule has 4 aromatic rings. The molecule has 8 heteroatoms. The van der Waals surface area contributed by atoms with Gasteiger partial charge in [0, 0.05) is 33.7 Å². The van der Waals surface area contributed by atoms with E-state index < -0.39 is 0 Å². The SMILES string of the molecule is Cc1ccc(N(C)c2nnc3scc(-c4cc(Cl)ccc4Cl)n23)cc1Cl. The second kappa shape index (κ2) is 6.74. The highest BCUT2D eigenvalue weighted by atomic mass is 35.5. The summed E-state index contributed by atoms with van der Waals surface area (Å²) in [6.45, 7) is 1.97. The molecule has 0 saturated heterocycles. The van der Waals surface area contributed by atoms with Gasteiger partial charge in [0.15, 0.2) is 0 Å². The second-order valence-electron chi connectivity index (χ2n) is 5.86. The third-order valence-corrected chi connectivity index (χ3v) is 5.97. The minimum atomic E-state index is 0.620. The topological polar surface area (TPSA) is 33.4 Å². The molecule has 26 heavy (non-hydrogen) atoms. The summed E-state index contributed by atoms with van der Waals surface area (Å²) in [5, 5.41) is 12.6. The van der Waals surface area contributed by atoms with E-state index in [2.05, 4.69) is 10.2 Å². The number of anilines is 2. The lowest BCUT2D eigenvalue weighted by Gasteiger charge is -2.18. The van der Waals surface area contributed by atoms with Crippen molar-refractivity contribution in [2.45, 2.75) is 6.92 Å². The van der Waals surface area contributed by atoms with Crippen molar-refractivity contribution in [3.8, 4) is 11.3 Å². The number of thiazole rings is 1. The van der Waals surface area contributed by atoms with Crippen LogP contribution in [0.1, 0.15) is 5.56 Å². The first-order valence-corrected chi connectivity index (χ1v) is 9.75. The smallest absolute Gasteiger partial charge is 0.237 e. The fourth-order valence-corrected chi connectivity index (χ4v) is 4.10. The predicted octanol–water partition coefficient (Wildman–Crippen LogP) is 6.49. The number of hydrogen-bond acceptors (Lipinski definition) is 4. The minimum absolute atomic E-state index is 0.620. The van der Waals surface area contributed by atoms with Crippen molar-refractivity contribution in [2.75, 3.05) is 11.9 Å². The van der Waals surface area contributed by atoms with Gasteiger partial charge >= 0.3 is 0 Å². The van der Waals surface area contributed by atoms with E-state index in [1.54, 1.807) is 12.1 Å². The van der Waals surface area contributed by atoms with Gasteiger partial charge in [0.1, 0.15) is 0 Å². The zero-order valence-electron chi connectivity index (χ0n) is 13.9. The predicted molar refractivity (Wildman–Crippen MR) is 111 cm³/mol. The van der Waals surface area contributed by atoms with Gasteiger partial charge in [0.2, 0.25) is 10.9 Å². The standard InChI is InChI=1S/C18H13Cl3N4S/c1-10-3-5-12(8-15(10)21)24(2)17-22-23-18-25(17)16(9-26-18)13-7-11(19)4-6-14(13)20/h3-9H,1-2H3. The Labute approximate surface area is 169 Å². The van der Waals surface area contributed by atoms with Crippen molar-refractivity contribution < 1.29 is 0 Å². The number of aromatic nitrogens is 3.